The monoisotopic (exact) mass is 606 g/mol. The van der Waals surface area contributed by atoms with Gasteiger partial charge in [0, 0.05) is 20.8 Å². The first-order chi connectivity index (χ1) is 19.8. The lowest BCUT2D eigenvalue weighted by atomic mass is 10.1. The number of rotatable bonds is 9. The fourth-order valence-electron chi connectivity index (χ4n) is 4.30. The molecule has 17 nitrogen and oxygen atoms in total. The molecule has 1 fully saturated rings. The van der Waals surface area contributed by atoms with Crippen LogP contribution >= 0.6 is 0 Å². The average molecular weight is 607 g/mol. The third-order valence-corrected chi connectivity index (χ3v) is 6.75. The lowest BCUT2D eigenvalue weighted by molar-refractivity contribution is -0.165. The van der Waals surface area contributed by atoms with Gasteiger partial charge in [-0.1, -0.05) is 12.1 Å². The van der Waals surface area contributed by atoms with Crippen molar-refractivity contribution in [1.82, 2.24) is 24.2 Å². The zero-order valence-corrected chi connectivity index (χ0v) is 23.5. The fourth-order valence-corrected chi connectivity index (χ4v) is 5.00. The van der Waals surface area contributed by atoms with Gasteiger partial charge in [0.25, 0.3) is 5.91 Å². The van der Waals surface area contributed by atoms with Gasteiger partial charge in [-0.25, -0.2) is 19.7 Å². The Balaban J connectivity index is 1.59. The molecule has 2 aromatic heterocycles. The highest BCUT2D eigenvalue weighted by Gasteiger charge is 2.51. The van der Waals surface area contributed by atoms with Gasteiger partial charge >= 0.3 is 28.2 Å². The number of aryl methyl sites for hydroxylation is 1. The molecular formula is C24H26N6O11S. The van der Waals surface area contributed by atoms with Crippen LogP contribution in [0.4, 0.5) is 5.82 Å². The number of amides is 1. The lowest BCUT2D eigenvalue weighted by Crippen LogP contribution is -2.41. The van der Waals surface area contributed by atoms with Crippen LogP contribution in [0, 0.1) is 6.92 Å². The summed E-state index contributed by atoms with van der Waals surface area (Å²) in [5.41, 5.74) is 6.36. The maximum absolute atomic E-state index is 12.9. The molecule has 42 heavy (non-hydrogen) atoms. The summed E-state index contributed by atoms with van der Waals surface area (Å²) in [6.07, 6.45) is -2.75. The van der Waals surface area contributed by atoms with Crippen molar-refractivity contribution in [3.63, 3.8) is 0 Å². The van der Waals surface area contributed by atoms with Gasteiger partial charge in [0.15, 0.2) is 29.9 Å². The number of nitrogen functional groups attached to an aromatic ring is 1. The number of nitrogens with two attached hydrogens (primary N) is 1. The second-order valence-corrected chi connectivity index (χ2v) is 10.4. The van der Waals surface area contributed by atoms with Gasteiger partial charge in [-0.2, -0.15) is 8.42 Å². The highest BCUT2D eigenvalue weighted by Crippen LogP contribution is 2.36. The molecule has 4 rings (SSSR count). The van der Waals surface area contributed by atoms with E-state index in [0.29, 0.717) is 5.56 Å². The Morgan fingerprint density at radius 3 is 2.38 bits per heavy atom. The number of carbonyl (C=O) groups is 4. The molecule has 4 atom stereocenters. The molecule has 1 aliphatic rings. The zero-order chi connectivity index (χ0) is 30.8. The summed E-state index contributed by atoms with van der Waals surface area (Å²) >= 11 is 0. The van der Waals surface area contributed by atoms with E-state index in [1.54, 1.807) is 4.72 Å². The number of aromatic nitrogens is 4. The fraction of sp³-hybridized carbons (Fsp3) is 0.375. The Morgan fingerprint density at radius 2 is 1.71 bits per heavy atom. The van der Waals surface area contributed by atoms with Gasteiger partial charge in [0.2, 0.25) is 0 Å². The van der Waals surface area contributed by atoms with E-state index in [-0.39, 0.29) is 28.3 Å². The molecule has 0 radical (unpaired) electrons. The zero-order valence-electron chi connectivity index (χ0n) is 22.7. The third kappa shape index (κ3) is 6.61. The topological polar surface area (TPSA) is 230 Å². The first kappa shape index (κ1) is 30.3. The Hall–Kier alpha value is -4.68. The smallest absolute Gasteiger partial charge is 0.362 e. The summed E-state index contributed by atoms with van der Waals surface area (Å²) in [6, 6.07) is 4.35. The maximum atomic E-state index is 12.9. The molecule has 18 heteroatoms. The van der Waals surface area contributed by atoms with Crippen molar-refractivity contribution in [2.75, 3.05) is 12.3 Å². The number of anilines is 1. The Morgan fingerprint density at radius 1 is 1.02 bits per heavy atom. The van der Waals surface area contributed by atoms with Crippen molar-refractivity contribution >= 4 is 51.1 Å². The quantitative estimate of drug-likeness (QED) is 0.243. The normalized spacial score (nSPS) is 20.2. The molecule has 0 unspecified atom stereocenters. The summed E-state index contributed by atoms with van der Waals surface area (Å²) in [5, 5.41) is 0. The number of nitrogens with one attached hydrogen (secondary N) is 1. The summed E-state index contributed by atoms with van der Waals surface area (Å²) in [6.45, 7) is 4.06. The molecule has 1 saturated heterocycles. The third-order valence-electron chi connectivity index (χ3n) is 5.87. The number of carbonyl (C=O) groups excluding carboxylic acids is 4. The van der Waals surface area contributed by atoms with E-state index in [1.807, 2.05) is 0 Å². The van der Waals surface area contributed by atoms with Crippen molar-refractivity contribution in [2.24, 2.45) is 0 Å². The van der Waals surface area contributed by atoms with Crippen molar-refractivity contribution in [3.8, 4) is 5.75 Å². The number of imidazole rings is 1. The van der Waals surface area contributed by atoms with E-state index in [4.69, 9.17) is 28.9 Å². The van der Waals surface area contributed by atoms with Crippen LogP contribution in [-0.2, 0) is 43.1 Å². The van der Waals surface area contributed by atoms with Crippen molar-refractivity contribution in [3.05, 3.63) is 42.0 Å². The highest BCUT2D eigenvalue weighted by molar-refractivity contribution is 7.85. The van der Waals surface area contributed by atoms with Crippen molar-refractivity contribution < 1.29 is 50.7 Å². The van der Waals surface area contributed by atoms with Gasteiger partial charge in [-0.05, 0) is 18.6 Å². The predicted molar refractivity (Wildman–Crippen MR) is 140 cm³/mol. The molecule has 1 aromatic carbocycles. The van der Waals surface area contributed by atoms with Gasteiger partial charge in [-0.3, -0.25) is 27.9 Å². The number of ether oxygens (including phenoxy) is 4. The predicted octanol–water partition coefficient (Wildman–Crippen LogP) is 0.0944. The highest BCUT2D eigenvalue weighted by atomic mass is 32.2. The van der Waals surface area contributed by atoms with E-state index >= 15 is 0 Å². The van der Waals surface area contributed by atoms with E-state index in [9.17, 15) is 27.6 Å². The van der Waals surface area contributed by atoms with Crippen LogP contribution in [0.3, 0.4) is 0 Å². The van der Waals surface area contributed by atoms with Crippen molar-refractivity contribution in [2.45, 2.75) is 52.2 Å². The summed E-state index contributed by atoms with van der Waals surface area (Å²) in [4.78, 5) is 60.4. The van der Waals surface area contributed by atoms with E-state index in [2.05, 4.69) is 15.0 Å². The minimum absolute atomic E-state index is 0.0598. The van der Waals surface area contributed by atoms with Gasteiger partial charge in [0.05, 0.1) is 18.5 Å². The van der Waals surface area contributed by atoms with Crippen LogP contribution in [0.15, 0.2) is 30.9 Å². The lowest BCUT2D eigenvalue weighted by Gasteiger charge is -2.23. The molecule has 0 saturated carbocycles. The molecule has 1 aliphatic heterocycles. The standard InChI is InChI=1S/C24H26N6O11S/c1-11-6-5-7-15(38-12(2)31)17(11)23(34)29-42(35,36)37-8-16-19(39-13(3)32)20(40-14(4)33)24(41-16)30-10-28-18-21(25)26-9-27-22(18)30/h5-7,9-10,16,19-20,24H,8H2,1-4H3,(H,29,34)(H2,25,26,27)/t16-,19-,20-,24-/m1/s1. The molecule has 0 spiro atoms. The number of hydrogen-bond donors (Lipinski definition) is 2. The number of hydrogen-bond acceptors (Lipinski definition) is 15. The molecular weight excluding hydrogens is 580 g/mol. The Kier molecular flexibility index (Phi) is 8.69. The van der Waals surface area contributed by atoms with Crippen LogP contribution in [0.2, 0.25) is 0 Å². The number of benzene rings is 1. The SMILES string of the molecule is CC(=O)Oc1cccc(C)c1C(=O)NS(=O)(=O)OC[C@H]1O[C@@H](n2cnc3c(N)ncnc32)[C@H](OC(C)=O)[C@@H]1OC(C)=O. The first-order valence-electron chi connectivity index (χ1n) is 12.2. The van der Waals surface area contributed by atoms with Gasteiger partial charge in [-0.15, -0.1) is 0 Å². The number of fused-ring (bicyclic) bond motifs is 1. The molecule has 3 heterocycles. The summed E-state index contributed by atoms with van der Waals surface area (Å²) in [7, 11) is -4.81. The van der Waals surface area contributed by atoms with Crippen LogP contribution in [0.5, 0.6) is 5.75 Å². The van der Waals surface area contributed by atoms with Crippen molar-refractivity contribution in [1.29, 1.82) is 0 Å². The average Bonchev–Trinajstić information content (AvgIpc) is 3.44. The Bertz CT molecular complexity index is 1660. The first-order valence-corrected chi connectivity index (χ1v) is 13.6. The number of nitrogens with zero attached hydrogens (tertiary/aromatic N) is 4. The van der Waals surface area contributed by atoms with E-state index in [1.165, 1.54) is 42.3 Å². The molecule has 1 amide bonds. The van der Waals surface area contributed by atoms with E-state index < -0.39 is 65.3 Å². The summed E-state index contributed by atoms with van der Waals surface area (Å²) in [5.74, 6) is -3.50. The van der Waals surface area contributed by atoms with Crippen LogP contribution in [0.1, 0.15) is 42.9 Å². The molecule has 3 aromatic rings. The second-order valence-electron chi connectivity index (χ2n) is 9.01. The van der Waals surface area contributed by atoms with Crippen LogP contribution in [0.25, 0.3) is 11.2 Å². The minimum atomic E-state index is -4.81. The summed E-state index contributed by atoms with van der Waals surface area (Å²) < 4.78 is 55.4. The maximum Gasteiger partial charge on any atom is 0.362 e. The largest absolute Gasteiger partial charge is 0.456 e. The van der Waals surface area contributed by atoms with Gasteiger partial charge in [0.1, 0.15) is 23.7 Å². The molecule has 3 N–H and O–H groups in total. The van der Waals surface area contributed by atoms with Gasteiger partial charge < -0.3 is 24.7 Å². The van der Waals surface area contributed by atoms with Crippen LogP contribution < -0.4 is 15.2 Å². The van der Waals surface area contributed by atoms with E-state index in [0.717, 1.165) is 20.8 Å². The molecule has 224 valence electrons. The second kappa shape index (κ2) is 12.0. The number of esters is 3. The van der Waals surface area contributed by atoms with Crippen LogP contribution in [-0.4, -0.2) is 76.7 Å². The minimum Gasteiger partial charge on any atom is -0.456 e. The Labute approximate surface area is 238 Å². The molecule has 0 bridgehead atoms. The molecule has 0 aliphatic carbocycles.